The molecule has 4 aromatic carbocycles. The molecule has 5 heterocycles. The van der Waals surface area contributed by atoms with Crippen LogP contribution in [0.2, 0.25) is 0 Å². The van der Waals surface area contributed by atoms with E-state index in [4.69, 9.17) is 11.5 Å². The number of primary amides is 1. The Labute approximate surface area is 587 Å². The number of carboxylic acid groups (broad SMARTS) is 1. The summed E-state index contributed by atoms with van der Waals surface area (Å²) in [6, 6.07) is 10.1. The first-order chi connectivity index (χ1) is 48.4. The number of nitrogens with two attached hydrogens (primary N) is 2. The number of thioether (sulfide) groups is 2. The van der Waals surface area contributed by atoms with E-state index in [1.807, 2.05) is 24.3 Å². The van der Waals surface area contributed by atoms with Gasteiger partial charge in [0, 0.05) is 101 Å². The van der Waals surface area contributed by atoms with Crippen LogP contribution >= 0.6 is 23.5 Å². The van der Waals surface area contributed by atoms with E-state index in [0.717, 1.165) is 17.2 Å². The van der Waals surface area contributed by atoms with Crippen molar-refractivity contribution in [1.29, 1.82) is 0 Å². The number of benzene rings is 4. The highest BCUT2D eigenvalue weighted by Crippen LogP contribution is 2.32. The number of carbonyl (C=O) groups is 11. The lowest BCUT2D eigenvalue weighted by Gasteiger charge is -2.37. The van der Waals surface area contributed by atoms with Gasteiger partial charge in [-0.05, 0) is 128 Å². The first-order valence-corrected chi connectivity index (χ1v) is 35.2. The molecule has 101 heavy (non-hydrogen) atoms. The van der Waals surface area contributed by atoms with Crippen LogP contribution in [0.5, 0.6) is 5.75 Å². The van der Waals surface area contributed by atoms with Crippen LogP contribution in [0.15, 0.2) is 110 Å². The second kappa shape index (κ2) is 35.1. The van der Waals surface area contributed by atoms with Crippen molar-refractivity contribution in [3.8, 4) is 5.75 Å². The van der Waals surface area contributed by atoms with Gasteiger partial charge in [-0.3, -0.25) is 52.7 Å². The number of phenols is 1. The minimum atomic E-state index is -2.03. The van der Waals surface area contributed by atoms with Gasteiger partial charge in [0.05, 0.1) is 19.3 Å². The Morgan fingerprint density at radius 2 is 1.25 bits per heavy atom. The first-order valence-electron chi connectivity index (χ1n) is 32.8. The molecule has 536 valence electrons. The number of phenolic OH excluding ortho intramolecular Hbond substituents is 1. The number of imidazole rings is 1. The zero-order valence-corrected chi connectivity index (χ0v) is 56.8. The number of rotatable bonds is 15. The number of H-pyrrole nitrogens is 3. The van der Waals surface area contributed by atoms with Crippen LogP contribution in [0.1, 0.15) is 85.4 Å². The van der Waals surface area contributed by atoms with Crippen LogP contribution < -0.4 is 54.0 Å². The summed E-state index contributed by atoms with van der Waals surface area (Å²) in [7, 11) is 0. The van der Waals surface area contributed by atoms with E-state index in [2.05, 4.69) is 62.5 Å². The molecule has 2 aliphatic heterocycles. The molecule has 2 aliphatic rings. The van der Waals surface area contributed by atoms with Crippen molar-refractivity contribution in [1.82, 2.24) is 67.4 Å². The van der Waals surface area contributed by atoms with Crippen LogP contribution in [0.25, 0.3) is 21.8 Å². The third-order valence-corrected chi connectivity index (χ3v) is 19.7. The Hall–Kier alpha value is -10.3. The molecule has 0 unspecified atom stereocenters. The summed E-state index contributed by atoms with van der Waals surface area (Å²) in [5, 5.41) is 42.1. The maximum absolute atomic E-state index is 15.2. The highest BCUT2D eigenvalue weighted by atomic mass is 32.2. The number of carbonyl (C=O) groups excluding carboxylic acids is 10. The van der Waals surface area contributed by atoms with Crippen molar-refractivity contribution in [3.05, 3.63) is 155 Å². The number of amides is 10. The summed E-state index contributed by atoms with van der Waals surface area (Å²) in [4.78, 5) is 171. The van der Waals surface area contributed by atoms with Crippen LogP contribution in [0.3, 0.4) is 0 Å². The van der Waals surface area contributed by atoms with Crippen LogP contribution in [-0.4, -0.2) is 179 Å². The minimum Gasteiger partial charge on any atom is -0.508 e. The van der Waals surface area contributed by atoms with Gasteiger partial charge in [-0.15, -0.1) is 0 Å². The molecule has 7 aromatic rings. The van der Waals surface area contributed by atoms with Gasteiger partial charge in [0.25, 0.3) is 0 Å². The van der Waals surface area contributed by atoms with Crippen molar-refractivity contribution in [2.45, 2.75) is 137 Å². The number of aromatic hydroxyl groups is 1. The molecule has 0 aliphatic carbocycles. The molecule has 3 aromatic heterocycles. The van der Waals surface area contributed by atoms with Gasteiger partial charge in [0.1, 0.15) is 65.2 Å². The average molecular weight is 1430 g/mol. The molecule has 0 radical (unpaired) electrons. The summed E-state index contributed by atoms with van der Waals surface area (Å²) in [5.41, 5.74) is 14.2. The molecule has 8 atom stereocenters. The zero-order chi connectivity index (χ0) is 72.3. The molecule has 0 saturated carbocycles. The number of nitrogens with one attached hydrogen (secondary N) is 11. The fourth-order valence-electron chi connectivity index (χ4n) is 12.1. The quantitative estimate of drug-likeness (QED) is 0.0699. The molecule has 28 nitrogen and oxygen atoms in total. The standard InChI is InChI=1S/C69H81F2N15O13S2/c1-69-19-4-21-86(69)67(98)56(24-38-8-13-46(87)14-9-38)84-63(94)52(17-12-45-32-74-37-78-45)81-66(97)55(29-60(90)91)83-65(96)54(26-42-31-76-50-16-11-44(71)28-48(42)50)82-64(95)53(25-41-30-75-49-15-10-43(70)27-47(41)49)80-59(89)33-77-62(93)51(7-3-20-72)79-58(88)18-22-100-34-39-5-2-6-40(23-39)35-101-36-57(61(73)92)85-68(69)99/h2,5-6,8-11,13-16,23,27-28,30-32,37,51-57,75-76,87H,3-4,7,12,17-22,24-26,29,33-36,72H2,1H3,(H2,73,92)(H,74,78)(H,77,93)(H,79,88)(H,80,89)(H,81,97)(H,82,95)(H,83,96)(H,84,94)(H,85,99)(H,90,91)/t51-,52+,53+,54+,55+,56+,57+,69+/m1/s1. The van der Waals surface area contributed by atoms with E-state index in [9.17, 15) is 52.6 Å². The van der Waals surface area contributed by atoms with Gasteiger partial charge in [-0.2, -0.15) is 23.5 Å². The Morgan fingerprint density at radius 1 is 0.663 bits per heavy atom. The molecule has 1 fully saturated rings. The second-order valence-electron chi connectivity index (χ2n) is 25.1. The molecule has 32 heteroatoms. The second-order valence-corrected chi connectivity index (χ2v) is 27.2. The Morgan fingerprint density at radius 3 is 1.87 bits per heavy atom. The van der Waals surface area contributed by atoms with Crippen molar-refractivity contribution in [2.24, 2.45) is 11.5 Å². The Kier molecular flexibility index (Phi) is 26.0. The minimum absolute atomic E-state index is 0.00115. The fraction of sp³-hybridized carbons (Fsp3) is 0.391. The number of halogens is 2. The highest BCUT2D eigenvalue weighted by Gasteiger charge is 2.48. The predicted octanol–water partition coefficient (Wildman–Crippen LogP) is 2.18. The van der Waals surface area contributed by atoms with Gasteiger partial charge < -0.3 is 84.1 Å². The number of hydrogen-bond donors (Lipinski definition) is 15. The molecular formula is C69H81F2N15O13S2. The SMILES string of the molecule is C[C@@]12CCCN1C(=O)[C@H](Cc1ccc(O)cc1)NC(=O)[C@H](CCc1cnc[nH]1)NC(=O)[C@H](CC(=O)O)NC(=O)[C@H](Cc1c[nH]c3ccc(F)cc13)NC(=O)[C@H](Cc1c[nH]c3ccc(F)cc13)NC(=O)CNC(=O)[C@@H](CCCN)NC(=O)CCSCc1cccc(c1)CSC[C@@H](C(N)=O)NC2=O. The summed E-state index contributed by atoms with van der Waals surface area (Å²) in [6.07, 6.45) is 4.14. The lowest BCUT2D eigenvalue weighted by Crippen LogP contribution is -2.63. The highest BCUT2D eigenvalue weighted by molar-refractivity contribution is 7.98. The number of aromatic amines is 3. The van der Waals surface area contributed by atoms with Crippen molar-refractivity contribution in [2.75, 3.05) is 31.1 Å². The molecule has 0 spiro atoms. The summed E-state index contributed by atoms with van der Waals surface area (Å²) in [5.74, 6) is -10.6. The lowest BCUT2D eigenvalue weighted by atomic mass is 9.95. The molecule has 1 saturated heterocycles. The molecule has 17 N–H and O–H groups in total. The normalized spacial score (nSPS) is 22.7. The largest absolute Gasteiger partial charge is 0.508 e. The Balaban J connectivity index is 1.06. The average Bonchev–Trinajstić information content (AvgIpc) is 1.71. The first kappa shape index (κ1) is 74.9. The van der Waals surface area contributed by atoms with E-state index >= 15 is 19.2 Å². The van der Waals surface area contributed by atoms with E-state index < -0.39 is 144 Å². The van der Waals surface area contributed by atoms with E-state index in [-0.39, 0.29) is 80.5 Å². The number of fused-ring (bicyclic) bond motifs is 5. The van der Waals surface area contributed by atoms with E-state index in [0.29, 0.717) is 63.3 Å². The molecule has 9 rings (SSSR count). The van der Waals surface area contributed by atoms with Gasteiger partial charge in [-0.25, -0.2) is 13.8 Å². The van der Waals surface area contributed by atoms with Crippen LogP contribution in [-0.2, 0) is 89.9 Å². The summed E-state index contributed by atoms with van der Waals surface area (Å²) >= 11 is 2.78. The predicted molar refractivity (Wildman–Crippen MR) is 372 cm³/mol. The van der Waals surface area contributed by atoms with E-state index in [1.165, 1.54) is 115 Å². The smallest absolute Gasteiger partial charge is 0.305 e. The number of aliphatic carboxylic acids is 1. The van der Waals surface area contributed by atoms with Gasteiger partial charge in [0.15, 0.2) is 0 Å². The third kappa shape index (κ3) is 20.6. The Bertz CT molecular complexity index is 4160. The number of carboxylic acids is 1. The molecular weight excluding hydrogens is 1350 g/mol. The monoisotopic (exact) mass is 1430 g/mol. The lowest BCUT2D eigenvalue weighted by molar-refractivity contribution is -0.147. The third-order valence-electron chi connectivity index (χ3n) is 17.6. The van der Waals surface area contributed by atoms with Crippen molar-refractivity contribution >= 4 is 110 Å². The summed E-state index contributed by atoms with van der Waals surface area (Å²) < 4.78 is 29.8. The topological polar surface area (TPSA) is 440 Å². The van der Waals surface area contributed by atoms with Crippen molar-refractivity contribution in [3.63, 3.8) is 0 Å². The van der Waals surface area contributed by atoms with Gasteiger partial charge >= 0.3 is 5.97 Å². The zero-order valence-electron chi connectivity index (χ0n) is 55.2. The van der Waals surface area contributed by atoms with Gasteiger partial charge in [-0.1, -0.05) is 36.4 Å². The fourth-order valence-corrected chi connectivity index (χ4v) is 14.0. The number of aryl methyl sites for hydroxylation is 1. The maximum atomic E-state index is 15.2. The maximum Gasteiger partial charge on any atom is 0.305 e. The van der Waals surface area contributed by atoms with Crippen LogP contribution in [0.4, 0.5) is 8.78 Å². The number of nitrogens with zero attached hydrogens (tertiary/aromatic N) is 2. The van der Waals surface area contributed by atoms with E-state index in [1.54, 1.807) is 0 Å². The number of hydrogen-bond acceptors (Lipinski definition) is 16. The summed E-state index contributed by atoms with van der Waals surface area (Å²) in [6.45, 7) is 0.955. The molecule has 2 bridgehead atoms. The van der Waals surface area contributed by atoms with Crippen LogP contribution in [0, 0.1) is 11.6 Å². The van der Waals surface area contributed by atoms with Gasteiger partial charge in [0.2, 0.25) is 59.1 Å². The molecule has 10 amide bonds. The number of aromatic nitrogens is 4. The van der Waals surface area contributed by atoms with Crippen molar-refractivity contribution < 1.29 is 71.7 Å².